The number of hydrogen-bond acceptors (Lipinski definition) is 6. The highest BCUT2D eigenvalue weighted by atomic mass is 32.1. The number of imidazole rings is 3. The van der Waals surface area contributed by atoms with Crippen molar-refractivity contribution in [3.05, 3.63) is 437 Å². The van der Waals surface area contributed by atoms with Gasteiger partial charge in [-0.2, -0.15) is 0 Å². The number of benzene rings is 21. The van der Waals surface area contributed by atoms with Gasteiger partial charge in [-0.15, -0.1) is 34.0 Å². The zero-order valence-corrected chi connectivity index (χ0v) is 72.9. The van der Waals surface area contributed by atoms with E-state index in [0.29, 0.717) is 0 Å². The fraction of sp³-hybridized carbons (Fsp3) is 0.0250. The van der Waals surface area contributed by atoms with E-state index in [1.807, 2.05) is 34.0 Å². The van der Waals surface area contributed by atoms with E-state index in [2.05, 4.69) is 458 Å². The van der Waals surface area contributed by atoms with Gasteiger partial charge in [0.05, 0.1) is 33.1 Å². The molecule has 0 amide bonds. The van der Waals surface area contributed by atoms with Gasteiger partial charge in [-0.05, 0) is 131 Å². The second kappa shape index (κ2) is 31.1. The minimum absolute atomic E-state index is 0.268. The Morgan fingerprint density at radius 1 is 0.194 bits per heavy atom. The third-order valence-corrected chi connectivity index (χ3v) is 29.5. The molecule has 21 aromatic carbocycles. The Balaban J connectivity index is 0.000000105. The van der Waals surface area contributed by atoms with E-state index in [1.54, 1.807) is 0 Å². The number of nitrogens with zero attached hydrogens (tertiary/aromatic N) is 6. The zero-order chi connectivity index (χ0) is 85.3. The predicted molar refractivity (Wildman–Crippen MR) is 554 cm³/mol. The molecule has 9 heteroatoms. The highest BCUT2D eigenvalue weighted by Crippen LogP contribution is 2.49. The highest BCUT2D eigenvalue weighted by molar-refractivity contribution is 7.27. The summed E-state index contributed by atoms with van der Waals surface area (Å²) in [6.07, 6.45) is 0. The Hall–Kier alpha value is -15.8. The Morgan fingerprint density at radius 3 is 0.806 bits per heavy atom. The highest BCUT2D eigenvalue weighted by Gasteiger charge is 2.27. The molecule has 0 aliphatic rings. The van der Waals surface area contributed by atoms with Crippen molar-refractivity contribution >= 4 is 192 Å². The van der Waals surface area contributed by atoms with E-state index in [0.717, 1.165) is 73.2 Å². The van der Waals surface area contributed by atoms with Crippen LogP contribution < -0.4 is 0 Å². The molecule has 27 aromatic rings. The average Bonchev–Trinajstić information content (AvgIpc) is 1.55. The number of hydrogen-bond donors (Lipinski definition) is 0. The molecule has 0 aliphatic carbocycles. The van der Waals surface area contributed by atoms with E-state index in [9.17, 15) is 0 Å². The van der Waals surface area contributed by atoms with Crippen LogP contribution in [-0.2, 0) is 0 Å². The monoisotopic (exact) mass is 1700 g/mol. The molecule has 6 heterocycles. The van der Waals surface area contributed by atoms with Crippen molar-refractivity contribution in [2.24, 2.45) is 0 Å². The van der Waals surface area contributed by atoms with Crippen molar-refractivity contribution in [3.63, 3.8) is 0 Å². The Bertz CT molecular complexity index is 9180. The first kappa shape index (κ1) is 75.8. The maximum Gasteiger partial charge on any atom is 0.145 e. The molecule has 0 spiro atoms. The molecule has 6 aromatic heterocycles. The molecule has 0 atom stereocenters. The maximum atomic E-state index is 5.49. The molecule has 0 radical (unpaired) electrons. The lowest BCUT2D eigenvalue weighted by molar-refractivity contribution is 0.760. The van der Waals surface area contributed by atoms with Gasteiger partial charge in [-0.3, -0.25) is 13.7 Å². The first-order chi connectivity index (χ1) is 63.8. The van der Waals surface area contributed by atoms with Crippen LogP contribution >= 0.6 is 34.0 Å². The van der Waals surface area contributed by atoms with Crippen LogP contribution in [0, 0.1) is 0 Å². The van der Waals surface area contributed by atoms with Gasteiger partial charge in [0.1, 0.15) is 17.5 Å². The lowest BCUT2D eigenvalue weighted by Gasteiger charge is -2.15. The van der Waals surface area contributed by atoms with Crippen molar-refractivity contribution in [2.75, 3.05) is 0 Å². The van der Waals surface area contributed by atoms with E-state index in [1.165, 1.54) is 175 Å². The Morgan fingerprint density at radius 2 is 0.442 bits per heavy atom. The molecule has 6 nitrogen and oxygen atoms in total. The molecule has 0 bridgehead atoms. The topological polar surface area (TPSA) is 53.5 Å². The lowest BCUT2D eigenvalue weighted by Crippen LogP contribution is -2.03. The first-order valence-electron chi connectivity index (χ1n) is 44.1. The average molecular weight is 1700 g/mol. The van der Waals surface area contributed by atoms with E-state index < -0.39 is 0 Å². The van der Waals surface area contributed by atoms with E-state index in [4.69, 9.17) is 15.0 Å². The van der Waals surface area contributed by atoms with Gasteiger partial charge in [-0.1, -0.05) is 390 Å². The molecular weight excluding hydrogens is 1620 g/mol. The Labute approximate surface area is 755 Å². The van der Waals surface area contributed by atoms with Crippen LogP contribution in [0.1, 0.15) is 25.6 Å². The second-order valence-electron chi connectivity index (χ2n) is 33.7. The summed E-state index contributed by atoms with van der Waals surface area (Å²) in [5.74, 6) is 3.24. The van der Waals surface area contributed by atoms with Crippen LogP contribution in [0.2, 0.25) is 0 Å². The number of fused-ring (bicyclic) bond motifs is 27. The summed E-state index contributed by atoms with van der Waals surface area (Å²) in [6, 6.07) is 155. The van der Waals surface area contributed by atoms with Crippen LogP contribution in [-0.4, -0.2) is 28.7 Å². The van der Waals surface area contributed by atoms with Gasteiger partial charge < -0.3 is 0 Å². The first-order valence-corrected chi connectivity index (χ1v) is 46.5. The molecule has 0 N–H and O–H groups in total. The third-order valence-electron chi connectivity index (χ3n) is 25.9. The smallest absolute Gasteiger partial charge is 0.145 e. The van der Waals surface area contributed by atoms with Gasteiger partial charge in [0.15, 0.2) is 0 Å². The molecule has 0 fully saturated rings. The molecule has 0 saturated carbocycles. The minimum Gasteiger partial charge on any atom is -0.295 e. The van der Waals surface area contributed by atoms with Crippen LogP contribution in [0.15, 0.2) is 431 Å². The van der Waals surface area contributed by atoms with Crippen molar-refractivity contribution in [2.45, 2.75) is 19.8 Å². The van der Waals surface area contributed by atoms with Crippen molar-refractivity contribution < 1.29 is 0 Å². The molecule has 0 unspecified atom stereocenters. The summed E-state index contributed by atoms with van der Waals surface area (Å²) >= 11 is 5.63. The molecule has 0 aliphatic heterocycles. The third kappa shape index (κ3) is 12.6. The molecule has 27 rings (SSSR count). The van der Waals surface area contributed by atoms with Gasteiger partial charge in [0.2, 0.25) is 0 Å². The van der Waals surface area contributed by atoms with Crippen LogP contribution in [0.5, 0.6) is 0 Å². The van der Waals surface area contributed by atoms with E-state index >= 15 is 0 Å². The van der Waals surface area contributed by atoms with Crippen LogP contribution in [0.25, 0.3) is 243 Å². The SMILES string of the molecule is CC(C)c1nc2c3ccccc3c3ccccc3c2n1-c1cccc(-c2cccc3c2sc2ccccc23)c1.c1ccc(-c2ccc(-c3nc4c5ccccc5c5ccccc5c4n3-c3cccc(-c4cccc5c4sc4ccccc45)c3)cc2)cc1.c1ccc(-c2nc3c4ccccc4c4ccccc4c3n2-c2cccc(-c3cccc4c3sc3ccccc34)c2)cc1. The predicted octanol–water partition coefficient (Wildman–Crippen LogP) is 34.2. The maximum absolute atomic E-state index is 5.49. The van der Waals surface area contributed by atoms with Crippen LogP contribution in [0.4, 0.5) is 0 Å². The van der Waals surface area contributed by atoms with Gasteiger partial charge >= 0.3 is 0 Å². The summed E-state index contributed by atoms with van der Waals surface area (Å²) in [6.45, 7) is 4.48. The van der Waals surface area contributed by atoms with Gasteiger partial charge in [-0.25, -0.2) is 15.0 Å². The summed E-state index contributed by atoms with van der Waals surface area (Å²) in [4.78, 5) is 16.2. The largest absolute Gasteiger partial charge is 0.295 e. The molecule has 0 saturated heterocycles. The van der Waals surface area contributed by atoms with Crippen molar-refractivity contribution in [1.82, 2.24) is 28.7 Å². The summed E-state index contributed by atoms with van der Waals surface area (Å²) in [5, 5.41) is 22.6. The second-order valence-corrected chi connectivity index (χ2v) is 36.8. The minimum atomic E-state index is 0.268. The Kier molecular flexibility index (Phi) is 18.3. The zero-order valence-electron chi connectivity index (χ0n) is 70.5. The van der Waals surface area contributed by atoms with E-state index in [-0.39, 0.29) is 5.92 Å². The number of aromatic nitrogens is 6. The fourth-order valence-electron chi connectivity index (χ4n) is 20.1. The lowest BCUT2D eigenvalue weighted by atomic mass is 9.99. The summed E-state index contributed by atoms with van der Waals surface area (Å²) in [7, 11) is 0. The normalized spacial score (nSPS) is 11.9. The van der Waals surface area contributed by atoms with Gasteiger partial charge in [0, 0.05) is 127 Å². The fourth-order valence-corrected chi connectivity index (χ4v) is 23.8. The quantitative estimate of drug-likeness (QED) is 0.128. The molecular formula is C120H78N6S3. The summed E-state index contributed by atoms with van der Waals surface area (Å²) in [5.41, 5.74) is 21.9. The molecule has 606 valence electrons. The van der Waals surface area contributed by atoms with Crippen molar-refractivity contribution in [3.8, 4) is 84.3 Å². The number of rotatable bonds is 10. The summed E-state index contributed by atoms with van der Waals surface area (Å²) < 4.78 is 15.1. The van der Waals surface area contributed by atoms with Crippen LogP contribution in [0.3, 0.4) is 0 Å². The number of thiophene rings is 3. The molecule has 129 heavy (non-hydrogen) atoms. The van der Waals surface area contributed by atoms with Gasteiger partial charge in [0.25, 0.3) is 0 Å². The van der Waals surface area contributed by atoms with Crippen molar-refractivity contribution in [1.29, 1.82) is 0 Å². The standard InChI is InChI=1S/C45H28N2S.C39H24N2S.C36H26N2S/c1-2-12-29(13-3-1)30-24-26-31(27-25-30)45-46-42-38-19-6-4-16-35(38)36-17-5-7-20-39(36)43(42)47(45)33-15-10-14-32(28-33)34-21-11-22-40-37-18-8-9-23-41(37)48-44(34)40;1-2-12-25(13-3-1)39-40-36-32-19-6-4-16-29(32)30-17-5-7-20-33(30)37(36)41(39)27-15-10-14-26(24-27)28-21-11-22-34-31-18-8-9-23-35(31)42-38(28)34;1-22(2)36-37-33-29-16-5-3-13-26(29)27-14-4-6-17-30(27)34(33)38(36)24-12-9-11-23(21-24)25-18-10-19-31-28-15-7-8-20-32(28)39-35(25)31/h1-28H;1-24H;3-22H,1-2H3.